The first-order chi connectivity index (χ1) is 8.65. The van der Waals surface area contributed by atoms with Crippen molar-refractivity contribution in [3.8, 4) is 5.75 Å². The van der Waals surface area contributed by atoms with Gasteiger partial charge in [-0.2, -0.15) is 0 Å². The Hall–Kier alpha value is -1.97. The van der Waals surface area contributed by atoms with Gasteiger partial charge in [-0.3, -0.25) is 4.79 Å². The minimum atomic E-state index is -0.232. The lowest BCUT2D eigenvalue weighted by Crippen LogP contribution is -2.03. The van der Waals surface area contributed by atoms with Crippen molar-refractivity contribution in [2.45, 2.75) is 13.3 Å². The van der Waals surface area contributed by atoms with Crippen LogP contribution in [0.1, 0.15) is 12.5 Å². The normalized spacial score (nSPS) is 10.6. The molecular formula is C14H17NO3. The standard InChI is InChI=1S/C14H17NO3/c1-4-18-11-5-6-13-12(8-11)10(9-15(13)2)7-14(16)17-3/h5-6,8-9H,4,7H2,1-3H3. The third kappa shape index (κ3) is 2.32. The van der Waals surface area contributed by atoms with E-state index in [1.54, 1.807) is 0 Å². The molecule has 0 unspecified atom stereocenters. The molecule has 4 heteroatoms. The van der Waals surface area contributed by atoms with Crippen molar-refractivity contribution in [2.24, 2.45) is 7.05 Å². The van der Waals surface area contributed by atoms with Gasteiger partial charge in [-0.25, -0.2) is 0 Å². The van der Waals surface area contributed by atoms with Crippen molar-refractivity contribution < 1.29 is 14.3 Å². The Balaban J connectivity index is 2.45. The summed E-state index contributed by atoms with van der Waals surface area (Å²) in [5.41, 5.74) is 2.04. The number of rotatable bonds is 4. The van der Waals surface area contributed by atoms with E-state index in [2.05, 4.69) is 0 Å². The Bertz CT molecular complexity index is 572. The molecule has 1 aromatic heterocycles. The van der Waals surface area contributed by atoms with Crippen molar-refractivity contribution in [1.29, 1.82) is 0 Å². The van der Waals surface area contributed by atoms with E-state index in [9.17, 15) is 4.79 Å². The number of nitrogens with zero attached hydrogens (tertiary/aromatic N) is 1. The van der Waals surface area contributed by atoms with Gasteiger partial charge in [-0.05, 0) is 30.7 Å². The fourth-order valence-electron chi connectivity index (χ4n) is 2.08. The zero-order chi connectivity index (χ0) is 13.1. The van der Waals surface area contributed by atoms with Gasteiger partial charge in [0.2, 0.25) is 0 Å². The first-order valence-corrected chi connectivity index (χ1v) is 5.93. The van der Waals surface area contributed by atoms with Crippen molar-refractivity contribution in [1.82, 2.24) is 4.57 Å². The smallest absolute Gasteiger partial charge is 0.310 e. The summed E-state index contributed by atoms with van der Waals surface area (Å²) in [6, 6.07) is 5.91. The summed E-state index contributed by atoms with van der Waals surface area (Å²) in [7, 11) is 3.36. The van der Waals surface area contributed by atoms with Crippen LogP contribution in [-0.2, 0) is 23.0 Å². The molecule has 96 valence electrons. The van der Waals surface area contributed by atoms with Crippen LogP contribution in [-0.4, -0.2) is 24.3 Å². The van der Waals surface area contributed by atoms with E-state index in [0.717, 1.165) is 22.2 Å². The van der Waals surface area contributed by atoms with E-state index in [1.165, 1.54) is 7.11 Å². The molecule has 0 aliphatic rings. The molecule has 0 atom stereocenters. The molecule has 1 heterocycles. The molecule has 2 aromatic rings. The number of fused-ring (bicyclic) bond motifs is 1. The third-order valence-corrected chi connectivity index (χ3v) is 2.92. The molecule has 4 nitrogen and oxygen atoms in total. The van der Waals surface area contributed by atoms with Crippen LogP contribution in [0.25, 0.3) is 10.9 Å². The molecule has 0 saturated carbocycles. The van der Waals surface area contributed by atoms with E-state index in [1.807, 2.05) is 42.9 Å². The number of methoxy groups -OCH3 is 1. The molecule has 0 spiro atoms. The van der Waals surface area contributed by atoms with Crippen molar-refractivity contribution in [3.63, 3.8) is 0 Å². The van der Waals surface area contributed by atoms with Gasteiger partial charge in [0.15, 0.2) is 0 Å². The van der Waals surface area contributed by atoms with Gasteiger partial charge in [0, 0.05) is 24.1 Å². The number of benzene rings is 1. The van der Waals surface area contributed by atoms with Crippen molar-refractivity contribution >= 4 is 16.9 Å². The largest absolute Gasteiger partial charge is 0.494 e. The van der Waals surface area contributed by atoms with Gasteiger partial charge in [0.1, 0.15) is 5.75 Å². The molecule has 2 rings (SSSR count). The zero-order valence-corrected chi connectivity index (χ0v) is 10.9. The molecule has 0 saturated heterocycles. The maximum Gasteiger partial charge on any atom is 0.310 e. The predicted octanol–water partition coefficient (Wildman–Crippen LogP) is 2.29. The van der Waals surface area contributed by atoms with E-state index < -0.39 is 0 Å². The lowest BCUT2D eigenvalue weighted by Gasteiger charge is -2.04. The maximum absolute atomic E-state index is 11.4. The highest BCUT2D eigenvalue weighted by molar-refractivity contribution is 5.88. The van der Waals surface area contributed by atoms with Gasteiger partial charge in [-0.15, -0.1) is 0 Å². The Morgan fingerprint density at radius 1 is 1.39 bits per heavy atom. The van der Waals surface area contributed by atoms with Gasteiger partial charge in [-0.1, -0.05) is 0 Å². The van der Waals surface area contributed by atoms with Gasteiger partial charge in [0.05, 0.1) is 20.1 Å². The number of aryl methyl sites for hydroxylation is 1. The second-order valence-electron chi connectivity index (χ2n) is 4.13. The minimum absolute atomic E-state index is 0.232. The molecule has 0 aliphatic heterocycles. The lowest BCUT2D eigenvalue weighted by atomic mass is 10.1. The van der Waals surface area contributed by atoms with Gasteiger partial charge < -0.3 is 14.0 Å². The number of carbonyl (C=O) groups is 1. The number of hydrogen-bond acceptors (Lipinski definition) is 3. The summed E-state index contributed by atoms with van der Waals surface area (Å²) in [6.45, 7) is 2.58. The Morgan fingerprint density at radius 2 is 2.17 bits per heavy atom. The van der Waals surface area contributed by atoms with Crippen LogP contribution in [0, 0.1) is 0 Å². The summed E-state index contributed by atoms with van der Waals surface area (Å²) in [5.74, 6) is 0.589. The van der Waals surface area contributed by atoms with E-state index in [4.69, 9.17) is 9.47 Å². The van der Waals surface area contributed by atoms with Crippen LogP contribution in [0.3, 0.4) is 0 Å². The van der Waals surface area contributed by atoms with Crippen molar-refractivity contribution in [2.75, 3.05) is 13.7 Å². The fourth-order valence-corrected chi connectivity index (χ4v) is 2.08. The fraction of sp³-hybridized carbons (Fsp3) is 0.357. The average Bonchev–Trinajstić information content (AvgIpc) is 2.66. The van der Waals surface area contributed by atoms with Crippen LogP contribution in [0.15, 0.2) is 24.4 Å². The monoisotopic (exact) mass is 247 g/mol. The third-order valence-electron chi connectivity index (χ3n) is 2.92. The van der Waals surface area contributed by atoms with Crippen LogP contribution in [0.5, 0.6) is 5.75 Å². The first-order valence-electron chi connectivity index (χ1n) is 5.93. The number of aromatic nitrogens is 1. The number of esters is 1. The quantitative estimate of drug-likeness (QED) is 0.778. The zero-order valence-electron chi connectivity index (χ0n) is 10.9. The van der Waals surface area contributed by atoms with Crippen LogP contribution in [0.2, 0.25) is 0 Å². The van der Waals surface area contributed by atoms with E-state index >= 15 is 0 Å². The summed E-state index contributed by atoms with van der Waals surface area (Å²) in [5, 5.41) is 1.04. The van der Waals surface area contributed by atoms with Crippen LogP contribution < -0.4 is 4.74 Å². The van der Waals surface area contributed by atoms with Gasteiger partial charge >= 0.3 is 5.97 Å². The maximum atomic E-state index is 11.4. The highest BCUT2D eigenvalue weighted by Crippen LogP contribution is 2.26. The second kappa shape index (κ2) is 5.12. The van der Waals surface area contributed by atoms with Crippen molar-refractivity contribution in [3.05, 3.63) is 30.0 Å². The first kappa shape index (κ1) is 12.5. The van der Waals surface area contributed by atoms with E-state index in [-0.39, 0.29) is 12.4 Å². The summed E-state index contributed by atoms with van der Waals surface area (Å²) in [6.07, 6.45) is 2.24. The molecule has 0 N–H and O–H groups in total. The highest BCUT2D eigenvalue weighted by atomic mass is 16.5. The number of ether oxygens (including phenoxy) is 2. The molecular weight excluding hydrogens is 230 g/mol. The molecule has 0 aliphatic carbocycles. The van der Waals surface area contributed by atoms with Crippen LogP contribution >= 0.6 is 0 Å². The average molecular weight is 247 g/mol. The SMILES string of the molecule is CCOc1ccc2c(c1)c(CC(=O)OC)cn2C. The summed E-state index contributed by atoms with van der Waals surface area (Å²) < 4.78 is 12.2. The molecule has 0 bridgehead atoms. The molecule has 0 amide bonds. The molecule has 0 fully saturated rings. The van der Waals surface area contributed by atoms with Crippen LogP contribution in [0.4, 0.5) is 0 Å². The summed E-state index contributed by atoms with van der Waals surface area (Å²) in [4.78, 5) is 11.4. The number of carbonyl (C=O) groups excluding carboxylic acids is 1. The van der Waals surface area contributed by atoms with Gasteiger partial charge in [0.25, 0.3) is 0 Å². The lowest BCUT2D eigenvalue weighted by molar-refractivity contribution is -0.139. The highest BCUT2D eigenvalue weighted by Gasteiger charge is 2.11. The topological polar surface area (TPSA) is 40.5 Å². The molecule has 18 heavy (non-hydrogen) atoms. The molecule has 1 aromatic carbocycles. The molecule has 0 radical (unpaired) electrons. The Morgan fingerprint density at radius 3 is 2.83 bits per heavy atom. The Labute approximate surface area is 106 Å². The predicted molar refractivity (Wildman–Crippen MR) is 69.8 cm³/mol. The summed E-state index contributed by atoms with van der Waals surface area (Å²) >= 11 is 0. The number of hydrogen-bond donors (Lipinski definition) is 0. The van der Waals surface area contributed by atoms with E-state index in [0.29, 0.717) is 6.61 Å². The second-order valence-corrected chi connectivity index (χ2v) is 4.13. The Kier molecular flexibility index (Phi) is 3.55. The minimum Gasteiger partial charge on any atom is -0.494 e.